The number of aliphatic hydroxyl groups is 1. The van der Waals surface area contributed by atoms with Crippen LogP contribution in [0.1, 0.15) is 17.9 Å². The zero-order chi connectivity index (χ0) is 14.2. The second-order valence-electron chi connectivity index (χ2n) is 4.27. The Morgan fingerprint density at radius 3 is 2.53 bits per heavy atom. The second kappa shape index (κ2) is 5.14. The fraction of sp³-hybridized carbons (Fsp3) is 0.455. The monoisotopic (exact) mass is 277 g/mol. The van der Waals surface area contributed by atoms with E-state index in [1.165, 1.54) is 0 Å². The van der Waals surface area contributed by atoms with Crippen LogP contribution in [0.15, 0.2) is 12.1 Å². The Balaban J connectivity index is 2.41. The predicted octanol–water partition coefficient (Wildman–Crippen LogP) is 1.57. The van der Waals surface area contributed by atoms with Crippen molar-refractivity contribution in [2.24, 2.45) is 0 Å². The molecule has 0 spiro atoms. The molecule has 104 valence electrons. The lowest BCUT2D eigenvalue weighted by Gasteiger charge is -2.29. The molecule has 1 aromatic carbocycles. The molecule has 19 heavy (non-hydrogen) atoms. The van der Waals surface area contributed by atoms with Crippen LogP contribution in [0.2, 0.25) is 0 Å². The Hall–Kier alpha value is -1.67. The molecular formula is C11H10F3NO4. The van der Waals surface area contributed by atoms with Gasteiger partial charge in [-0.1, -0.05) is 0 Å². The zero-order valence-corrected chi connectivity index (χ0v) is 9.55. The average molecular weight is 277 g/mol. The van der Waals surface area contributed by atoms with E-state index in [-0.39, 0.29) is 12.0 Å². The Morgan fingerprint density at radius 1 is 1.26 bits per heavy atom. The molecule has 0 bridgehead atoms. The van der Waals surface area contributed by atoms with E-state index in [9.17, 15) is 28.4 Å². The normalized spacial score (nSPS) is 27.3. The van der Waals surface area contributed by atoms with Gasteiger partial charge in [-0.05, 0) is 6.07 Å². The molecule has 2 rings (SSSR count). The summed E-state index contributed by atoms with van der Waals surface area (Å²) in [6, 6.07) is -0.393. The van der Waals surface area contributed by atoms with Gasteiger partial charge < -0.3 is 9.84 Å². The van der Waals surface area contributed by atoms with E-state index < -0.39 is 47.2 Å². The summed E-state index contributed by atoms with van der Waals surface area (Å²) in [5.74, 6) is -4.82. The molecule has 0 aromatic heterocycles. The first kappa shape index (κ1) is 13.8. The van der Waals surface area contributed by atoms with E-state index in [1.54, 1.807) is 0 Å². The van der Waals surface area contributed by atoms with Gasteiger partial charge in [-0.3, -0.25) is 10.1 Å². The lowest BCUT2D eigenvalue weighted by molar-refractivity contribution is -0.538. The van der Waals surface area contributed by atoms with Crippen molar-refractivity contribution in [2.45, 2.75) is 24.7 Å². The highest BCUT2D eigenvalue weighted by Crippen LogP contribution is 2.33. The standard InChI is InChI=1S/C11H10F3NO4/c12-7-3-9(14)8(13)1-5(7)6-2-11(16)19-4-10(6)15(17)18/h1,3,6,10-11,16H,2,4H2/t6-,10+,11+/m0/s1. The fourth-order valence-electron chi connectivity index (χ4n) is 2.13. The highest BCUT2D eigenvalue weighted by molar-refractivity contribution is 5.25. The number of hydrogen-bond donors (Lipinski definition) is 1. The topological polar surface area (TPSA) is 72.6 Å². The van der Waals surface area contributed by atoms with Crippen LogP contribution in [0.25, 0.3) is 0 Å². The highest BCUT2D eigenvalue weighted by atomic mass is 19.2. The molecule has 0 aliphatic carbocycles. The maximum absolute atomic E-state index is 13.6. The summed E-state index contributed by atoms with van der Waals surface area (Å²) in [5, 5.41) is 20.2. The summed E-state index contributed by atoms with van der Waals surface area (Å²) >= 11 is 0. The number of nitro groups is 1. The Labute approximate surface area is 105 Å². The van der Waals surface area contributed by atoms with Gasteiger partial charge in [-0.2, -0.15) is 0 Å². The number of hydrogen-bond acceptors (Lipinski definition) is 4. The molecule has 1 saturated heterocycles. The number of nitrogens with zero attached hydrogens (tertiary/aromatic N) is 1. The van der Waals surface area contributed by atoms with Crippen molar-refractivity contribution in [3.63, 3.8) is 0 Å². The van der Waals surface area contributed by atoms with Crippen molar-refractivity contribution in [3.8, 4) is 0 Å². The Bertz CT molecular complexity index is 511. The van der Waals surface area contributed by atoms with Gasteiger partial charge >= 0.3 is 0 Å². The molecule has 8 heteroatoms. The molecule has 5 nitrogen and oxygen atoms in total. The number of ether oxygens (including phenoxy) is 1. The van der Waals surface area contributed by atoms with E-state index in [4.69, 9.17) is 4.74 Å². The first-order chi connectivity index (χ1) is 8.90. The van der Waals surface area contributed by atoms with Crippen LogP contribution in [-0.4, -0.2) is 29.0 Å². The molecule has 0 saturated carbocycles. The summed E-state index contributed by atoms with van der Waals surface area (Å²) in [6.45, 7) is -0.419. The average Bonchev–Trinajstić information content (AvgIpc) is 2.33. The number of rotatable bonds is 2. The highest BCUT2D eigenvalue weighted by Gasteiger charge is 2.41. The van der Waals surface area contributed by atoms with Crippen LogP contribution >= 0.6 is 0 Å². The molecule has 1 N–H and O–H groups in total. The van der Waals surface area contributed by atoms with Gasteiger partial charge in [0.25, 0.3) is 0 Å². The molecule has 1 heterocycles. The zero-order valence-electron chi connectivity index (χ0n) is 9.55. The summed E-state index contributed by atoms with van der Waals surface area (Å²) in [5.41, 5.74) is -0.331. The SMILES string of the molecule is O=[N+]([O-])[C@@H]1CO[C@@H](O)C[C@H]1c1cc(F)c(F)cc1F. The van der Waals surface area contributed by atoms with Gasteiger partial charge in [0.15, 0.2) is 17.9 Å². The maximum Gasteiger partial charge on any atom is 0.243 e. The van der Waals surface area contributed by atoms with Crippen molar-refractivity contribution in [1.29, 1.82) is 0 Å². The minimum absolute atomic E-state index is 0.256. The third kappa shape index (κ3) is 2.69. The molecule has 1 aromatic rings. The first-order valence-corrected chi connectivity index (χ1v) is 5.47. The third-order valence-corrected chi connectivity index (χ3v) is 3.09. The van der Waals surface area contributed by atoms with Crippen LogP contribution in [-0.2, 0) is 4.74 Å². The quantitative estimate of drug-likeness (QED) is 0.506. The van der Waals surface area contributed by atoms with Gasteiger partial charge in [0.05, 0.1) is 5.92 Å². The lowest BCUT2D eigenvalue weighted by atomic mass is 9.87. The van der Waals surface area contributed by atoms with E-state index in [0.717, 1.165) is 0 Å². The van der Waals surface area contributed by atoms with Gasteiger partial charge in [-0.15, -0.1) is 0 Å². The summed E-state index contributed by atoms with van der Waals surface area (Å²) in [4.78, 5) is 10.2. The molecule has 0 amide bonds. The summed E-state index contributed by atoms with van der Waals surface area (Å²) in [6.07, 6.45) is -1.55. The largest absolute Gasteiger partial charge is 0.368 e. The minimum atomic E-state index is -1.37. The number of halogens is 3. The Morgan fingerprint density at radius 2 is 1.89 bits per heavy atom. The molecule has 1 aliphatic heterocycles. The molecule has 1 fully saturated rings. The lowest BCUT2D eigenvalue weighted by Crippen LogP contribution is -2.41. The van der Waals surface area contributed by atoms with Crippen molar-refractivity contribution in [1.82, 2.24) is 0 Å². The van der Waals surface area contributed by atoms with E-state index >= 15 is 0 Å². The maximum atomic E-state index is 13.6. The third-order valence-electron chi connectivity index (χ3n) is 3.09. The van der Waals surface area contributed by atoms with E-state index in [0.29, 0.717) is 12.1 Å². The van der Waals surface area contributed by atoms with Crippen molar-refractivity contribution < 1.29 is 27.9 Å². The molecule has 0 unspecified atom stereocenters. The predicted molar refractivity (Wildman–Crippen MR) is 56.4 cm³/mol. The summed E-state index contributed by atoms with van der Waals surface area (Å²) < 4.78 is 44.3. The minimum Gasteiger partial charge on any atom is -0.368 e. The van der Waals surface area contributed by atoms with Gasteiger partial charge in [-0.25, -0.2) is 13.2 Å². The Kier molecular flexibility index (Phi) is 3.72. The van der Waals surface area contributed by atoms with Crippen LogP contribution in [0.3, 0.4) is 0 Å². The smallest absolute Gasteiger partial charge is 0.243 e. The van der Waals surface area contributed by atoms with Gasteiger partial charge in [0, 0.05) is 23.0 Å². The van der Waals surface area contributed by atoms with Gasteiger partial charge in [0.1, 0.15) is 12.4 Å². The molecule has 3 atom stereocenters. The fourth-order valence-corrected chi connectivity index (χ4v) is 2.13. The molecular weight excluding hydrogens is 267 g/mol. The van der Waals surface area contributed by atoms with Crippen LogP contribution < -0.4 is 0 Å². The van der Waals surface area contributed by atoms with Crippen LogP contribution in [0.4, 0.5) is 13.2 Å². The molecule has 0 radical (unpaired) electrons. The van der Waals surface area contributed by atoms with Crippen molar-refractivity contribution >= 4 is 0 Å². The number of benzene rings is 1. The number of aliphatic hydroxyl groups excluding tert-OH is 1. The van der Waals surface area contributed by atoms with E-state index in [2.05, 4.69) is 0 Å². The van der Waals surface area contributed by atoms with Crippen LogP contribution in [0.5, 0.6) is 0 Å². The van der Waals surface area contributed by atoms with E-state index in [1.807, 2.05) is 0 Å². The summed E-state index contributed by atoms with van der Waals surface area (Å²) in [7, 11) is 0. The first-order valence-electron chi connectivity index (χ1n) is 5.47. The second-order valence-corrected chi connectivity index (χ2v) is 4.27. The van der Waals surface area contributed by atoms with Crippen molar-refractivity contribution in [3.05, 3.63) is 45.3 Å². The van der Waals surface area contributed by atoms with Crippen LogP contribution in [0, 0.1) is 27.6 Å². The molecule has 1 aliphatic rings. The van der Waals surface area contributed by atoms with Crippen molar-refractivity contribution in [2.75, 3.05) is 6.61 Å². The van der Waals surface area contributed by atoms with Gasteiger partial charge in [0.2, 0.25) is 6.04 Å².